The molecule has 2 aliphatic rings. The van der Waals surface area contributed by atoms with Gasteiger partial charge in [0.1, 0.15) is 5.75 Å². The highest BCUT2D eigenvalue weighted by atomic mass is 31.1. The van der Waals surface area contributed by atoms with Crippen LogP contribution in [0.1, 0.15) is 11.1 Å². The Kier molecular flexibility index (Phi) is 3.31. The zero-order valence-corrected chi connectivity index (χ0v) is 15.1. The van der Waals surface area contributed by atoms with E-state index in [1.807, 2.05) is 79.7 Å². The second kappa shape index (κ2) is 5.58. The highest BCUT2D eigenvalue weighted by molar-refractivity contribution is 7.63. The van der Waals surface area contributed by atoms with Crippen LogP contribution in [-0.2, 0) is 10.1 Å². The minimum Gasteiger partial charge on any atom is -0.464 e. The average Bonchev–Trinajstić information content (AvgIpc) is 2.94. The van der Waals surface area contributed by atoms with E-state index in [1.54, 1.807) is 0 Å². The van der Waals surface area contributed by atoms with Crippen molar-refractivity contribution in [3.8, 4) is 5.75 Å². The molecule has 1 spiro atoms. The van der Waals surface area contributed by atoms with E-state index in [0.717, 1.165) is 33.6 Å². The van der Waals surface area contributed by atoms with Crippen molar-refractivity contribution in [2.75, 3.05) is 10.6 Å². The molecule has 26 heavy (non-hydrogen) atoms. The third-order valence-electron chi connectivity index (χ3n) is 4.83. The maximum atomic E-state index is 13.2. The SMILES string of the molecule is Cc1ccc2c(c1)OP(c1ccccc1)C1(N2)C(=O)Nc2ccccc21. The summed E-state index contributed by atoms with van der Waals surface area (Å²) in [5.74, 6) is 0.725. The van der Waals surface area contributed by atoms with Gasteiger partial charge in [0.25, 0.3) is 5.91 Å². The molecular weight excluding hydrogens is 343 g/mol. The number of aryl methyl sites for hydroxylation is 1. The fraction of sp³-hybridized carbons (Fsp3) is 0.0952. The number of benzene rings is 3. The van der Waals surface area contributed by atoms with Crippen molar-refractivity contribution in [3.05, 3.63) is 83.9 Å². The number of hydrogen-bond donors (Lipinski definition) is 2. The summed E-state index contributed by atoms with van der Waals surface area (Å²) >= 11 is 0. The van der Waals surface area contributed by atoms with Gasteiger partial charge in [-0.2, -0.15) is 0 Å². The van der Waals surface area contributed by atoms with E-state index >= 15 is 0 Å². The molecule has 2 heterocycles. The third kappa shape index (κ3) is 2.09. The van der Waals surface area contributed by atoms with Gasteiger partial charge in [0, 0.05) is 16.6 Å². The molecule has 1 amide bonds. The molecule has 4 nitrogen and oxygen atoms in total. The molecule has 5 heteroatoms. The first-order valence-electron chi connectivity index (χ1n) is 8.51. The Morgan fingerprint density at radius 3 is 2.54 bits per heavy atom. The highest BCUT2D eigenvalue weighted by Crippen LogP contribution is 2.64. The standard InChI is InChI=1S/C21H17N2O2P/c1-14-11-12-18-19(13-14)25-26(15-7-3-2-4-8-15)21(23-18)16-9-5-6-10-17(16)22-20(21)24/h2-13,23H,1H3,(H,22,24). The average molecular weight is 360 g/mol. The molecular formula is C21H17N2O2P. The van der Waals surface area contributed by atoms with Crippen LogP contribution < -0.4 is 20.5 Å². The Morgan fingerprint density at radius 2 is 1.69 bits per heavy atom. The first-order valence-corrected chi connectivity index (χ1v) is 9.77. The van der Waals surface area contributed by atoms with Crippen molar-refractivity contribution in [1.29, 1.82) is 0 Å². The van der Waals surface area contributed by atoms with Crippen molar-refractivity contribution in [1.82, 2.24) is 0 Å². The van der Waals surface area contributed by atoms with Gasteiger partial charge in [-0.1, -0.05) is 54.6 Å². The molecule has 3 aromatic carbocycles. The van der Waals surface area contributed by atoms with E-state index in [2.05, 4.69) is 10.6 Å². The van der Waals surface area contributed by atoms with Crippen LogP contribution >= 0.6 is 8.15 Å². The number of carbonyl (C=O) groups excluding carboxylic acids is 1. The number of nitrogens with one attached hydrogen (secondary N) is 2. The van der Waals surface area contributed by atoms with Crippen LogP contribution in [0.15, 0.2) is 72.8 Å². The maximum Gasteiger partial charge on any atom is 0.263 e. The van der Waals surface area contributed by atoms with E-state index in [-0.39, 0.29) is 5.91 Å². The Labute approximate surface area is 153 Å². The Morgan fingerprint density at radius 1 is 0.923 bits per heavy atom. The van der Waals surface area contributed by atoms with Crippen LogP contribution in [0, 0.1) is 6.92 Å². The van der Waals surface area contributed by atoms with Gasteiger partial charge < -0.3 is 15.2 Å². The molecule has 0 saturated heterocycles. The number of carbonyl (C=O) groups is 1. The van der Waals surface area contributed by atoms with Gasteiger partial charge in [-0.15, -0.1) is 0 Å². The zero-order chi connectivity index (χ0) is 17.7. The van der Waals surface area contributed by atoms with Crippen molar-refractivity contribution < 1.29 is 9.32 Å². The lowest BCUT2D eigenvalue weighted by atomic mass is 10.1. The van der Waals surface area contributed by atoms with Crippen LogP contribution in [0.4, 0.5) is 11.4 Å². The van der Waals surface area contributed by atoms with E-state index in [4.69, 9.17) is 4.52 Å². The summed E-state index contributed by atoms with van der Waals surface area (Å²) in [7, 11) is -1.30. The lowest BCUT2D eigenvalue weighted by Gasteiger charge is -2.41. The lowest BCUT2D eigenvalue weighted by Crippen LogP contribution is -2.45. The first-order chi connectivity index (χ1) is 12.7. The molecule has 0 radical (unpaired) electrons. The molecule has 0 saturated carbocycles. The quantitative estimate of drug-likeness (QED) is 0.635. The molecule has 2 atom stereocenters. The van der Waals surface area contributed by atoms with Crippen LogP contribution in [0.2, 0.25) is 0 Å². The number of amides is 1. The lowest BCUT2D eigenvalue weighted by molar-refractivity contribution is -0.117. The van der Waals surface area contributed by atoms with E-state index < -0.39 is 13.4 Å². The smallest absolute Gasteiger partial charge is 0.263 e. The minimum atomic E-state index is -1.30. The summed E-state index contributed by atoms with van der Waals surface area (Å²) in [6, 6.07) is 23.9. The van der Waals surface area contributed by atoms with Crippen molar-refractivity contribution >= 4 is 30.7 Å². The van der Waals surface area contributed by atoms with Crippen LogP contribution in [-0.4, -0.2) is 5.91 Å². The maximum absolute atomic E-state index is 13.2. The fourth-order valence-corrected chi connectivity index (χ4v) is 5.90. The van der Waals surface area contributed by atoms with Gasteiger partial charge in [-0.3, -0.25) is 4.79 Å². The predicted molar refractivity (Wildman–Crippen MR) is 105 cm³/mol. The van der Waals surface area contributed by atoms with E-state index in [9.17, 15) is 4.79 Å². The van der Waals surface area contributed by atoms with Gasteiger partial charge in [0.15, 0.2) is 8.15 Å². The Hall–Kier alpha value is -2.84. The van der Waals surface area contributed by atoms with Gasteiger partial charge in [0.05, 0.1) is 5.69 Å². The molecule has 2 unspecified atom stereocenters. The summed E-state index contributed by atoms with van der Waals surface area (Å²) in [6.07, 6.45) is 0. The predicted octanol–water partition coefficient (Wildman–Crippen LogP) is 4.33. The normalized spacial score (nSPS) is 22.8. The third-order valence-corrected chi connectivity index (χ3v) is 7.14. The summed E-state index contributed by atoms with van der Waals surface area (Å²) in [5, 5.41) is 6.67. The molecule has 3 aromatic rings. The van der Waals surface area contributed by atoms with Gasteiger partial charge in [0.2, 0.25) is 5.28 Å². The molecule has 0 bridgehead atoms. The van der Waals surface area contributed by atoms with Crippen LogP contribution in [0.3, 0.4) is 0 Å². The minimum absolute atomic E-state index is 0.0695. The summed E-state index contributed by atoms with van der Waals surface area (Å²) in [4.78, 5) is 13.2. The van der Waals surface area contributed by atoms with Crippen LogP contribution in [0.25, 0.3) is 0 Å². The van der Waals surface area contributed by atoms with Crippen molar-refractivity contribution in [2.24, 2.45) is 0 Å². The van der Waals surface area contributed by atoms with Gasteiger partial charge >= 0.3 is 0 Å². The molecule has 0 aliphatic carbocycles. The van der Waals surface area contributed by atoms with Gasteiger partial charge in [-0.05, 0) is 30.7 Å². The topological polar surface area (TPSA) is 50.4 Å². The summed E-state index contributed by atoms with van der Waals surface area (Å²) in [6.45, 7) is 2.04. The molecule has 2 aliphatic heterocycles. The fourth-order valence-electron chi connectivity index (χ4n) is 3.60. The molecule has 0 fully saturated rings. The summed E-state index contributed by atoms with van der Waals surface area (Å²) in [5.41, 5.74) is 3.75. The number of fused-ring (bicyclic) bond motifs is 3. The second-order valence-corrected chi connectivity index (χ2v) is 8.51. The summed E-state index contributed by atoms with van der Waals surface area (Å²) < 4.78 is 6.51. The molecule has 0 aromatic heterocycles. The number of para-hydroxylation sites is 1. The molecule has 5 rings (SSSR count). The van der Waals surface area contributed by atoms with Crippen LogP contribution in [0.5, 0.6) is 5.75 Å². The van der Waals surface area contributed by atoms with E-state index in [0.29, 0.717) is 0 Å². The zero-order valence-electron chi connectivity index (χ0n) is 14.2. The Balaban J connectivity index is 1.76. The Bertz CT molecular complexity index is 1020. The van der Waals surface area contributed by atoms with Crippen molar-refractivity contribution in [3.63, 3.8) is 0 Å². The number of hydrogen-bond acceptors (Lipinski definition) is 3. The first kappa shape index (κ1) is 15.4. The largest absolute Gasteiger partial charge is 0.464 e. The second-order valence-electron chi connectivity index (χ2n) is 6.56. The molecule has 128 valence electrons. The number of rotatable bonds is 1. The molecule has 2 N–H and O–H groups in total. The highest BCUT2D eigenvalue weighted by Gasteiger charge is 2.57. The van der Waals surface area contributed by atoms with E-state index in [1.165, 1.54) is 0 Å². The monoisotopic (exact) mass is 360 g/mol. The van der Waals surface area contributed by atoms with Crippen molar-refractivity contribution in [2.45, 2.75) is 12.2 Å². The van der Waals surface area contributed by atoms with Gasteiger partial charge in [-0.25, -0.2) is 0 Å². The number of anilines is 2.